The molecule has 10 heteroatoms. The third kappa shape index (κ3) is 25.0. The fraction of sp³-hybridized carbons (Fsp3) is 0.769. The average Bonchev–Trinajstić information content (AvgIpc) is 2.41. The molecule has 4 nitrogen and oxygen atoms in total. The molecule has 0 heterocycles. The number of hydrogen-bond acceptors (Lipinski definition) is 9. The predicted molar refractivity (Wildman–Crippen MR) is 116 cm³/mol. The van der Waals surface area contributed by atoms with E-state index in [1.54, 1.807) is 28.5 Å². The molecule has 0 aromatic carbocycles. The van der Waals surface area contributed by atoms with Gasteiger partial charge in [0.25, 0.3) is 0 Å². The molecule has 0 aliphatic heterocycles. The topological polar surface area (TPSA) is 55.8 Å². The van der Waals surface area contributed by atoms with Crippen molar-refractivity contribution >= 4 is 82.3 Å². The SMILES string of the molecule is CC(C)OC(=S)SSCCSSC(=S)OC(C)C.CCC(=O)O. The Morgan fingerprint density at radius 1 is 0.957 bits per heavy atom. The normalized spacial score (nSPS) is 10.0. The van der Waals surface area contributed by atoms with Crippen LogP contribution in [0.5, 0.6) is 0 Å². The van der Waals surface area contributed by atoms with Crippen molar-refractivity contribution in [2.45, 2.75) is 53.2 Å². The molecule has 0 amide bonds. The van der Waals surface area contributed by atoms with Crippen molar-refractivity contribution in [1.82, 2.24) is 0 Å². The van der Waals surface area contributed by atoms with Crippen LogP contribution in [0.15, 0.2) is 0 Å². The fourth-order valence-corrected chi connectivity index (χ4v) is 5.83. The predicted octanol–water partition coefficient (Wildman–Crippen LogP) is 5.65. The van der Waals surface area contributed by atoms with E-state index in [0.29, 0.717) is 8.77 Å². The molecule has 0 aromatic heterocycles. The zero-order valence-electron chi connectivity index (χ0n) is 13.9. The number of carboxylic acid groups (broad SMARTS) is 1. The number of rotatable bonds is 8. The van der Waals surface area contributed by atoms with Gasteiger partial charge in [-0.1, -0.05) is 28.5 Å². The monoisotopic (exact) mass is 436 g/mol. The lowest BCUT2D eigenvalue weighted by atomic mass is 10.5. The van der Waals surface area contributed by atoms with Crippen LogP contribution in [0.3, 0.4) is 0 Å². The van der Waals surface area contributed by atoms with Gasteiger partial charge in [0.1, 0.15) is 0 Å². The second kappa shape index (κ2) is 17.5. The van der Waals surface area contributed by atoms with Crippen LogP contribution in [0.25, 0.3) is 0 Å². The van der Waals surface area contributed by atoms with Gasteiger partial charge in [-0.3, -0.25) is 4.79 Å². The first kappa shape index (κ1) is 25.9. The lowest BCUT2D eigenvalue weighted by Gasteiger charge is -2.10. The Labute approximate surface area is 165 Å². The summed E-state index contributed by atoms with van der Waals surface area (Å²) in [6, 6.07) is 0. The van der Waals surface area contributed by atoms with Crippen molar-refractivity contribution < 1.29 is 19.4 Å². The molecule has 136 valence electrons. The highest BCUT2D eigenvalue weighted by atomic mass is 33.1. The third-order valence-corrected chi connectivity index (χ3v) is 7.11. The van der Waals surface area contributed by atoms with Gasteiger partial charge in [-0.25, -0.2) is 0 Å². The summed E-state index contributed by atoms with van der Waals surface area (Å²) in [6.45, 7) is 9.49. The molecule has 0 spiro atoms. The van der Waals surface area contributed by atoms with E-state index in [2.05, 4.69) is 0 Å². The zero-order chi connectivity index (χ0) is 18.3. The second-order valence-electron chi connectivity index (χ2n) is 4.39. The van der Waals surface area contributed by atoms with Crippen LogP contribution in [-0.2, 0) is 14.3 Å². The molecular formula is C13H24O4S6. The second-order valence-corrected chi connectivity index (χ2v) is 10.4. The van der Waals surface area contributed by atoms with E-state index < -0.39 is 5.97 Å². The number of carboxylic acids is 1. The Morgan fingerprint density at radius 3 is 1.48 bits per heavy atom. The molecule has 0 unspecified atom stereocenters. The van der Waals surface area contributed by atoms with Gasteiger partial charge < -0.3 is 14.6 Å². The maximum Gasteiger partial charge on any atom is 0.303 e. The number of aliphatic carboxylic acids is 1. The van der Waals surface area contributed by atoms with E-state index in [0.717, 1.165) is 11.5 Å². The van der Waals surface area contributed by atoms with E-state index in [1.807, 2.05) is 27.7 Å². The summed E-state index contributed by atoms with van der Waals surface area (Å²) < 4.78 is 11.9. The highest BCUT2D eigenvalue weighted by molar-refractivity contribution is 8.85. The summed E-state index contributed by atoms with van der Waals surface area (Å²) >= 11 is 10.1. The molecule has 0 bridgehead atoms. The van der Waals surface area contributed by atoms with E-state index in [-0.39, 0.29) is 18.6 Å². The van der Waals surface area contributed by atoms with Crippen molar-refractivity contribution in [2.75, 3.05) is 11.5 Å². The number of carbonyl (C=O) groups is 1. The molecule has 0 aliphatic carbocycles. The highest BCUT2D eigenvalue weighted by Crippen LogP contribution is 2.29. The van der Waals surface area contributed by atoms with Crippen LogP contribution in [0, 0.1) is 0 Å². The minimum atomic E-state index is -0.745. The summed E-state index contributed by atoms with van der Waals surface area (Å²) in [5, 5.41) is 7.72. The fourth-order valence-electron chi connectivity index (χ4n) is 0.672. The number of hydrogen-bond donors (Lipinski definition) is 1. The van der Waals surface area contributed by atoms with Gasteiger partial charge in [-0.15, -0.1) is 0 Å². The van der Waals surface area contributed by atoms with E-state index in [9.17, 15) is 4.79 Å². The minimum absolute atomic E-state index is 0.154. The van der Waals surface area contributed by atoms with Crippen molar-refractivity contribution in [3.63, 3.8) is 0 Å². The third-order valence-electron chi connectivity index (χ3n) is 1.47. The van der Waals surface area contributed by atoms with E-state index in [1.165, 1.54) is 21.6 Å². The Morgan fingerprint density at radius 2 is 1.26 bits per heavy atom. The lowest BCUT2D eigenvalue weighted by Crippen LogP contribution is -2.05. The molecule has 0 saturated carbocycles. The van der Waals surface area contributed by atoms with Gasteiger partial charge in [0.15, 0.2) is 0 Å². The molecule has 1 N–H and O–H groups in total. The molecular weight excluding hydrogens is 413 g/mol. The minimum Gasteiger partial charge on any atom is -0.481 e. The lowest BCUT2D eigenvalue weighted by molar-refractivity contribution is -0.136. The Kier molecular flexibility index (Phi) is 19.7. The Hall–Kier alpha value is 0.650. The summed E-state index contributed by atoms with van der Waals surface area (Å²) in [6.07, 6.45) is 0.530. The van der Waals surface area contributed by atoms with Gasteiger partial charge in [0, 0.05) is 17.9 Å². The van der Waals surface area contributed by atoms with Crippen molar-refractivity contribution in [2.24, 2.45) is 0 Å². The Bertz CT molecular complexity index is 323. The molecule has 0 radical (unpaired) electrons. The molecule has 0 rings (SSSR count). The van der Waals surface area contributed by atoms with Crippen LogP contribution >= 0.6 is 67.6 Å². The first-order valence-corrected chi connectivity index (χ1v) is 12.4. The van der Waals surface area contributed by atoms with Crippen molar-refractivity contribution in [3.05, 3.63) is 0 Å². The first-order chi connectivity index (χ1) is 10.7. The van der Waals surface area contributed by atoms with Gasteiger partial charge in [0.05, 0.1) is 12.2 Å². The summed E-state index contributed by atoms with van der Waals surface area (Å²) in [5.41, 5.74) is 0. The van der Waals surface area contributed by atoms with Crippen molar-refractivity contribution in [3.8, 4) is 0 Å². The highest BCUT2D eigenvalue weighted by Gasteiger charge is 2.04. The van der Waals surface area contributed by atoms with Gasteiger partial charge in [-0.05, 0) is 73.7 Å². The first-order valence-electron chi connectivity index (χ1n) is 6.90. The summed E-state index contributed by atoms with van der Waals surface area (Å²) in [7, 11) is 6.43. The smallest absolute Gasteiger partial charge is 0.303 e. The molecule has 0 aromatic rings. The van der Waals surface area contributed by atoms with Gasteiger partial charge >= 0.3 is 5.97 Å². The average molecular weight is 437 g/mol. The van der Waals surface area contributed by atoms with Gasteiger partial charge in [-0.2, -0.15) is 0 Å². The van der Waals surface area contributed by atoms with E-state index in [4.69, 9.17) is 39.0 Å². The number of ether oxygens (including phenoxy) is 2. The summed E-state index contributed by atoms with van der Waals surface area (Å²) in [4.78, 5) is 9.37. The molecule has 0 fully saturated rings. The Balaban J connectivity index is 0. The standard InChI is InChI=1S/C10H18O2S6.C3H6O2/c1-7(2)11-9(13)17-15-5-6-16-18-10(14)12-8(3)4;1-2-3(4)5/h7-8H,5-6H2,1-4H3;2H2,1H3,(H,4,5). The van der Waals surface area contributed by atoms with Crippen LogP contribution < -0.4 is 0 Å². The number of thiocarbonyl (C=S) groups is 2. The molecule has 0 aliphatic rings. The maximum atomic E-state index is 9.37. The molecule has 0 saturated heterocycles. The van der Waals surface area contributed by atoms with Crippen LogP contribution in [0.4, 0.5) is 0 Å². The summed E-state index contributed by atoms with van der Waals surface area (Å²) in [5.74, 6) is 1.24. The van der Waals surface area contributed by atoms with Crippen LogP contribution in [-0.4, -0.2) is 43.6 Å². The quantitative estimate of drug-likeness (QED) is 0.293. The maximum absolute atomic E-state index is 9.37. The van der Waals surface area contributed by atoms with E-state index >= 15 is 0 Å². The molecule has 23 heavy (non-hydrogen) atoms. The van der Waals surface area contributed by atoms with Crippen molar-refractivity contribution in [1.29, 1.82) is 0 Å². The zero-order valence-corrected chi connectivity index (χ0v) is 18.8. The van der Waals surface area contributed by atoms with Gasteiger partial charge in [0.2, 0.25) is 8.77 Å². The van der Waals surface area contributed by atoms with Crippen LogP contribution in [0.1, 0.15) is 41.0 Å². The largest absolute Gasteiger partial charge is 0.481 e. The van der Waals surface area contributed by atoms with Crippen LogP contribution in [0.2, 0.25) is 0 Å². The molecule has 0 atom stereocenters.